The van der Waals surface area contributed by atoms with Crippen molar-refractivity contribution < 1.29 is 13.2 Å². The lowest BCUT2D eigenvalue weighted by Crippen LogP contribution is -2.35. The Bertz CT molecular complexity index is 864. The second kappa shape index (κ2) is 7.68. The number of sulfone groups is 1. The maximum absolute atomic E-state index is 12.6. The Balaban J connectivity index is 1.66. The number of benzene rings is 2. The number of hydrogen-bond donors (Lipinski definition) is 1. The highest BCUT2D eigenvalue weighted by Crippen LogP contribution is 2.24. The molecule has 0 aromatic heterocycles. The van der Waals surface area contributed by atoms with E-state index in [9.17, 15) is 8.42 Å². The Morgan fingerprint density at radius 3 is 2.52 bits per heavy atom. The maximum Gasteiger partial charge on any atom is 0.181 e. The lowest BCUT2D eigenvalue weighted by molar-refractivity contribution is 0.306. The summed E-state index contributed by atoms with van der Waals surface area (Å²) in [6.07, 6.45) is 1.30. The molecular weight excluding hydrogens is 336 g/mol. The van der Waals surface area contributed by atoms with Crippen LogP contribution in [0.15, 0.2) is 53.4 Å². The van der Waals surface area contributed by atoms with Gasteiger partial charge in [-0.15, -0.1) is 0 Å². The van der Waals surface area contributed by atoms with Gasteiger partial charge < -0.3 is 10.1 Å². The van der Waals surface area contributed by atoms with Crippen LogP contribution in [-0.4, -0.2) is 26.8 Å². The molecule has 0 saturated carbocycles. The van der Waals surface area contributed by atoms with E-state index in [1.54, 1.807) is 36.4 Å². The van der Waals surface area contributed by atoms with Crippen LogP contribution in [0.25, 0.3) is 0 Å². The number of piperidine rings is 1. The van der Waals surface area contributed by atoms with Crippen LogP contribution in [0.5, 0.6) is 5.75 Å². The Hall–Kier alpha value is -2.36. The molecule has 0 spiro atoms. The molecule has 1 aliphatic rings. The van der Waals surface area contributed by atoms with E-state index in [1.807, 2.05) is 12.1 Å². The minimum Gasteiger partial charge on any atom is -0.489 e. The smallest absolute Gasteiger partial charge is 0.181 e. The van der Waals surface area contributed by atoms with Gasteiger partial charge in [-0.1, -0.05) is 12.1 Å². The molecule has 2 aromatic rings. The molecule has 1 saturated heterocycles. The Kier molecular flexibility index (Phi) is 5.37. The first-order chi connectivity index (χ1) is 12.1. The van der Waals surface area contributed by atoms with Gasteiger partial charge in [-0.2, -0.15) is 5.26 Å². The summed E-state index contributed by atoms with van der Waals surface area (Å²) in [7, 11) is -3.29. The van der Waals surface area contributed by atoms with Gasteiger partial charge in [0.1, 0.15) is 12.4 Å². The van der Waals surface area contributed by atoms with Crippen molar-refractivity contribution in [1.82, 2.24) is 5.32 Å². The van der Waals surface area contributed by atoms with Gasteiger partial charge in [0.15, 0.2) is 9.84 Å². The summed E-state index contributed by atoms with van der Waals surface area (Å²) >= 11 is 0. The second-order valence-corrected chi connectivity index (χ2v) is 8.29. The highest BCUT2D eigenvalue weighted by molar-refractivity contribution is 7.92. The van der Waals surface area contributed by atoms with Crippen molar-refractivity contribution in [2.75, 3.05) is 13.1 Å². The summed E-state index contributed by atoms with van der Waals surface area (Å²) in [6.45, 7) is 1.82. The molecule has 0 atom stereocenters. The minimum absolute atomic E-state index is 0.311. The van der Waals surface area contributed by atoms with Crippen LogP contribution in [-0.2, 0) is 16.4 Å². The largest absolute Gasteiger partial charge is 0.489 e. The molecule has 0 amide bonds. The summed E-state index contributed by atoms with van der Waals surface area (Å²) in [6, 6.07) is 15.9. The summed E-state index contributed by atoms with van der Waals surface area (Å²) in [5.41, 5.74) is 1.48. The molecule has 3 rings (SSSR count). The molecule has 0 unspecified atom stereocenters. The first-order valence-electron chi connectivity index (χ1n) is 8.26. The van der Waals surface area contributed by atoms with Crippen molar-refractivity contribution in [3.63, 3.8) is 0 Å². The normalized spacial score (nSPS) is 15.5. The Labute approximate surface area is 148 Å². The third kappa shape index (κ3) is 4.19. The molecule has 1 fully saturated rings. The van der Waals surface area contributed by atoms with Crippen LogP contribution in [0.1, 0.15) is 24.0 Å². The number of hydrogen-bond acceptors (Lipinski definition) is 5. The van der Waals surface area contributed by atoms with Gasteiger partial charge in [-0.25, -0.2) is 8.42 Å². The van der Waals surface area contributed by atoms with E-state index in [0.717, 1.165) is 18.7 Å². The lowest BCUT2D eigenvalue weighted by Gasteiger charge is -2.22. The van der Waals surface area contributed by atoms with Crippen molar-refractivity contribution >= 4 is 9.84 Å². The van der Waals surface area contributed by atoms with Crippen molar-refractivity contribution in [3.05, 3.63) is 59.7 Å². The fourth-order valence-corrected chi connectivity index (χ4v) is 4.68. The second-order valence-electron chi connectivity index (χ2n) is 6.07. The molecular formula is C19H20N2O3S. The average molecular weight is 356 g/mol. The molecule has 1 heterocycles. The maximum atomic E-state index is 12.6. The number of ether oxygens (including phenoxy) is 1. The van der Waals surface area contributed by atoms with Gasteiger partial charge in [0.25, 0.3) is 0 Å². The lowest BCUT2D eigenvalue weighted by atomic mass is 10.1. The zero-order chi connectivity index (χ0) is 17.7. The highest BCUT2D eigenvalue weighted by Gasteiger charge is 2.28. The van der Waals surface area contributed by atoms with Crippen molar-refractivity contribution in [2.45, 2.75) is 29.6 Å². The monoisotopic (exact) mass is 356 g/mol. The van der Waals surface area contributed by atoms with E-state index >= 15 is 0 Å². The zero-order valence-electron chi connectivity index (χ0n) is 13.8. The van der Waals surface area contributed by atoms with Gasteiger partial charge in [-0.05, 0) is 67.9 Å². The molecule has 0 radical (unpaired) electrons. The molecule has 1 N–H and O–H groups in total. The fourth-order valence-electron chi connectivity index (χ4n) is 2.92. The SMILES string of the molecule is N#Cc1cccc(COc2ccc(S(=O)(=O)C3CCNCC3)cc2)c1. The predicted molar refractivity (Wildman–Crippen MR) is 95.0 cm³/mol. The Morgan fingerprint density at radius 1 is 1.12 bits per heavy atom. The molecule has 5 nitrogen and oxygen atoms in total. The van der Waals surface area contributed by atoms with Gasteiger partial charge >= 0.3 is 0 Å². The fraction of sp³-hybridized carbons (Fsp3) is 0.316. The van der Waals surface area contributed by atoms with Crippen molar-refractivity contribution in [3.8, 4) is 11.8 Å². The molecule has 0 aliphatic carbocycles. The first kappa shape index (κ1) is 17.5. The van der Waals surface area contributed by atoms with Gasteiger partial charge in [-0.3, -0.25) is 0 Å². The summed E-state index contributed by atoms with van der Waals surface area (Å²) in [5, 5.41) is 11.8. The molecule has 130 valence electrons. The summed E-state index contributed by atoms with van der Waals surface area (Å²) in [4.78, 5) is 0.346. The van der Waals surface area contributed by atoms with Crippen LogP contribution < -0.4 is 10.1 Å². The molecule has 1 aliphatic heterocycles. The van der Waals surface area contributed by atoms with Gasteiger partial charge in [0.2, 0.25) is 0 Å². The van der Waals surface area contributed by atoms with Crippen molar-refractivity contribution in [1.29, 1.82) is 5.26 Å². The molecule has 25 heavy (non-hydrogen) atoms. The Morgan fingerprint density at radius 2 is 1.84 bits per heavy atom. The number of nitrogens with zero attached hydrogens (tertiary/aromatic N) is 1. The summed E-state index contributed by atoms with van der Waals surface area (Å²) < 4.78 is 31.0. The van der Waals surface area contributed by atoms with Crippen LogP contribution in [0.2, 0.25) is 0 Å². The van der Waals surface area contributed by atoms with Crippen LogP contribution in [0.4, 0.5) is 0 Å². The van der Waals surface area contributed by atoms with Gasteiger partial charge in [0.05, 0.1) is 21.8 Å². The van der Waals surface area contributed by atoms with E-state index in [-0.39, 0.29) is 5.25 Å². The average Bonchev–Trinajstić information content (AvgIpc) is 2.67. The third-order valence-electron chi connectivity index (χ3n) is 4.34. The quantitative estimate of drug-likeness (QED) is 0.891. The molecule has 0 bridgehead atoms. The number of nitrogens with one attached hydrogen (secondary N) is 1. The zero-order valence-corrected chi connectivity index (χ0v) is 14.6. The minimum atomic E-state index is -3.29. The van der Waals surface area contributed by atoms with Gasteiger partial charge in [0, 0.05) is 0 Å². The topological polar surface area (TPSA) is 79.2 Å². The van der Waals surface area contributed by atoms with E-state index in [2.05, 4.69) is 11.4 Å². The van der Waals surface area contributed by atoms with Crippen LogP contribution >= 0.6 is 0 Å². The van der Waals surface area contributed by atoms with Crippen LogP contribution in [0.3, 0.4) is 0 Å². The summed E-state index contributed by atoms with van der Waals surface area (Å²) in [5.74, 6) is 0.603. The number of nitriles is 1. The van der Waals surface area contributed by atoms with Crippen molar-refractivity contribution in [2.24, 2.45) is 0 Å². The van der Waals surface area contributed by atoms with E-state index in [0.29, 0.717) is 35.7 Å². The van der Waals surface area contributed by atoms with Crippen LogP contribution in [0, 0.1) is 11.3 Å². The highest BCUT2D eigenvalue weighted by atomic mass is 32.2. The van der Waals surface area contributed by atoms with E-state index in [4.69, 9.17) is 10.00 Å². The van der Waals surface area contributed by atoms with E-state index < -0.39 is 9.84 Å². The molecule has 2 aromatic carbocycles. The predicted octanol–water partition coefficient (Wildman–Crippen LogP) is 2.66. The standard InChI is InChI=1S/C19H20N2O3S/c20-13-15-2-1-3-16(12-15)14-24-17-4-6-18(7-5-17)25(22,23)19-8-10-21-11-9-19/h1-7,12,19,21H,8-11,14H2. The number of rotatable bonds is 5. The van der Waals surface area contributed by atoms with E-state index in [1.165, 1.54) is 0 Å². The molecule has 6 heteroatoms. The third-order valence-corrected chi connectivity index (χ3v) is 6.62. The first-order valence-corrected chi connectivity index (χ1v) is 9.81.